The summed E-state index contributed by atoms with van der Waals surface area (Å²) in [5, 5.41) is 27.9. The molecule has 4 bridgehead atoms. The van der Waals surface area contributed by atoms with Gasteiger partial charge in [-0.25, -0.2) is 14.4 Å². The molecule has 0 unspecified atom stereocenters. The number of Topliss-reactive ketones (excluding diaryl/α,β-unsaturated/α-hetero) is 3. The number of nitrogens with two attached hydrogens (primary N) is 3. The number of carboxylic acid groups (broad SMARTS) is 1. The fraction of sp³-hybridized carbons (Fsp3) is 0.404. The number of nitrogens with one attached hydrogen (secondary N) is 1. The Morgan fingerprint density at radius 3 is 1.55 bits per heavy atom. The molecule has 0 aliphatic carbocycles. The van der Waals surface area contributed by atoms with Crippen LogP contribution in [0.3, 0.4) is 0 Å². The summed E-state index contributed by atoms with van der Waals surface area (Å²) in [6, 6.07) is 32.6. The maximum absolute atomic E-state index is 14.6. The first-order valence-corrected chi connectivity index (χ1v) is 37.3. The van der Waals surface area contributed by atoms with Gasteiger partial charge >= 0.3 is 47.5 Å². The van der Waals surface area contributed by atoms with Crippen molar-refractivity contribution in [2.24, 2.45) is 29.0 Å². The minimum Gasteiger partial charge on any atom is -0.870 e. The first-order chi connectivity index (χ1) is 52.4. The van der Waals surface area contributed by atoms with Gasteiger partial charge in [0.2, 0.25) is 11.8 Å². The number of hydrogen-bond acceptors (Lipinski definition) is 18. The number of benzene rings is 6. The maximum atomic E-state index is 14.6. The number of ketones is 3. The van der Waals surface area contributed by atoms with Gasteiger partial charge in [0.05, 0.1) is 43.0 Å². The summed E-state index contributed by atoms with van der Waals surface area (Å²) in [7, 11) is 5.31. The standard InChI is InChI=1S/C47H60N6O7.C14H18O2.C14H16O2.C13H16O2.CH4O.Na.H2O/c1-5-6-7-9-32-11-14-36(30(2)24-32)41(55)29-35(17-19-49)47(58)53(4)45-34-13-16-44(60-23-21-51)38(28-34)37-26-33(12-15-43(37)59-22-20-50)27-39(40(54)10-8-18-48)52-46(57)31(3)25-42(45)56;2*1-4-5-6-7-12-8-9-13(11(2)10-12)14(15)16-3;1-3-4-5-6-11-7-8-12(13(14)15)10(2)9-11;1-2;;/h7,9,11-16,24,26,28,31,35,39,45H,5-6,8,10,17,19-23,25,27,29,49-51H2,1-4H3,(H,52,57);6-10H,4-5H2,1-3H3;8-10H,4-5H2,1-3H3;5-9H,3-4H2,1-2H3,(H,14,15);2H,1H3;;1H2/q;;;;;+1;/p-1/b9-7-;7-6-;;6-5-;;;/t31-,35-,39+,45+;;;;;;/m1....../s1. The Kier molecular flexibility index (Phi) is 49.1. The molecule has 10 N–H and O–H groups in total. The van der Waals surface area contributed by atoms with Crippen LogP contribution in [0, 0.1) is 62.7 Å². The Balaban J connectivity index is 0.000000964. The molecule has 2 amide bonds. The number of methoxy groups -OCH3 is 2. The summed E-state index contributed by atoms with van der Waals surface area (Å²) >= 11 is 0. The van der Waals surface area contributed by atoms with Gasteiger partial charge in [-0.15, -0.1) is 0 Å². The van der Waals surface area contributed by atoms with Crippen molar-refractivity contribution in [2.75, 3.05) is 61.2 Å². The van der Waals surface area contributed by atoms with Crippen LogP contribution in [0.15, 0.2) is 127 Å². The van der Waals surface area contributed by atoms with Gasteiger partial charge in [0.1, 0.15) is 30.8 Å². The summed E-state index contributed by atoms with van der Waals surface area (Å²) in [6.07, 6.45) is 20.6. The van der Waals surface area contributed by atoms with Crippen molar-refractivity contribution in [3.05, 3.63) is 205 Å². The number of hydrogen-bond donors (Lipinski definition) is 6. The van der Waals surface area contributed by atoms with Gasteiger partial charge in [-0.1, -0.05) is 157 Å². The number of aliphatic hydroxyl groups is 1. The second kappa shape index (κ2) is 54.9. The van der Waals surface area contributed by atoms with E-state index < -0.39 is 47.5 Å². The topological polar surface area (TPSA) is 361 Å². The molecular formula is C89H115N6NaO15. The van der Waals surface area contributed by atoms with Gasteiger partial charge in [-0.05, 0) is 177 Å². The normalized spacial score (nSPS) is 13.7. The van der Waals surface area contributed by atoms with Crippen molar-refractivity contribution >= 4 is 65.3 Å². The molecule has 1 aliphatic rings. The van der Waals surface area contributed by atoms with Crippen LogP contribution in [0.25, 0.3) is 29.4 Å². The fourth-order valence-electron chi connectivity index (χ4n) is 11.8. The SMILES string of the molecule is CCC/C=C\c1ccc(C(=O)C[C@@H](CCN)C(=O)N(C)[C@@H]2C(=O)C[C@@H](C)C(=O)N[C@H](C(=O)CCC#N)Cc3ccc(OCCN)c(c3)-c3cc2ccc3OCCN)c(C)c1.CCC/C=C\c1ccc(C(=O)O)c(C)c1.CCC/C=C\c1ccc(C(=O)OC)c(C)c1.CCCC#Cc1ccc(C(=O)OC)c(C)c1.CO.[Na+].[OH-]. The third-order valence-electron chi connectivity index (χ3n) is 17.5. The van der Waals surface area contributed by atoms with E-state index in [1.54, 1.807) is 55.5 Å². The largest absolute Gasteiger partial charge is 1.00 e. The number of allylic oxidation sites excluding steroid dienone is 3. The van der Waals surface area contributed by atoms with E-state index in [2.05, 4.69) is 73.9 Å². The van der Waals surface area contributed by atoms with E-state index in [4.69, 9.17) is 41.6 Å². The number of carbonyl (C=O) groups excluding carboxylic acids is 7. The van der Waals surface area contributed by atoms with Gasteiger partial charge < -0.3 is 62.1 Å². The molecule has 111 heavy (non-hydrogen) atoms. The van der Waals surface area contributed by atoms with Crippen molar-refractivity contribution in [3.63, 3.8) is 0 Å². The van der Waals surface area contributed by atoms with Crippen molar-refractivity contribution in [1.82, 2.24) is 10.2 Å². The average molecular weight is 1530 g/mol. The number of aryl methyl sites for hydroxylation is 4. The van der Waals surface area contributed by atoms with Gasteiger partial charge in [0.25, 0.3) is 0 Å². The minimum absolute atomic E-state index is 0. The number of aliphatic hydroxyl groups excluding tert-OH is 1. The molecule has 1 heterocycles. The molecule has 0 aromatic heterocycles. The number of esters is 2. The number of ether oxygens (including phenoxy) is 4. The zero-order valence-electron chi connectivity index (χ0n) is 67.5. The Labute approximate surface area is 679 Å². The van der Waals surface area contributed by atoms with Crippen molar-refractivity contribution in [2.45, 2.75) is 164 Å². The molecule has 0 spiro atoms. The second-order valence-corrected chi connectivity index (χ2v) is 26.2. The quantitative estimate of drug-likeness (QED) is 0.0110. The summed E-state index contributed by atoms with van der Waals surface area (Å²) < 4.78 is 21.6. The predicted octanol–water partition coefficient (Wildman–Crippen LogP) is 11.9. The molecule has 7 rings (SSSR count). The first kappa shape index (κ1) is 99.4. The van der Waals surface area contributed by atoms with Crippen LogP contribution in [0.5, 0.6) is 11.5 Å². The molecule has 0 saturated heterocycles. The third-order valence-corrected chi connectivity index (χ3v) is 17.5. The molecule has 1 aliphatic heterocycles. The smallest absolute Gasteiger partial charge is 0.870 e. The number of carbonyl (C=O) groups is 8. The van der Waals surface area contributed by atoms with Crippen LogP contribution in [0.4, 0.5) is 0 Å². The number of likely N-dealkylation sites (N-methyl/N-ethyl adjacent to an activating group) is 1. The maximum Gasteiger partial charge on any atom is 1.00 e. The fourth-order valence-corrected chi connectivity index (χ4v) is 11.8. The summed E-state index contributed by atoms with van der Waals surface area (Å²) in [6.45, 7) is 18.5. The molecule has 22 heteroatoms. The Morgan fingerprint density at radius 1 is 0.622 bits per heavy atom. The number of amides is 2. The summed E-state index contributed by atoms with van der Waals surface area (Å²) in [5.41, 5.74) is 29.6. The number of carboxylic acids is 1. The number of aromatic carboxylic acids is 1. The van der Waals surface area contributed by atoms with E-state index in [0.717, 1.165) is 103 Å². The molecular weight excluding hydrogens is 1420 g/mol. The summed E-state index contributed by atoms with van der Waals surface area (Å²) in [5.74, 6) is 1.89. The molecule has 4 atom stereocenters. The van der Waals surface area contributed by atoms with Crippen LogP contribution in [0.1, 0.15) is 221 Å². The van der Waals surface area contributed by atoms with E-state index in [1.165, 1.54) is 26.2 Å². The van der Waals surface area contributed by atoms with Crippen molar-refractivity contribution in [3.8, 4) is 40.5 Å². The van der Waals surface area contributed by atoms with E-state index in [9.17, 15) is 43.6 Å². The van der Waals surface area contributed by atoms with E-state index in [-0.39, 0.29) is 130 Å². The van der Waals surface area contributed by atoms with Crippen LogP contribution in [0.2, 0.25) is 0 Å². The molecule has 0 saturated carbocycles. The van der Waals surface area contributed by atoms with Gasteiger partial charge in [-0.3, -0.25) is 24.0 Å². The van der Waals surface area contributed by atoms with Crippen LogP contribution < -0.4 is 61.5 Å². The van der Waals surface area contributed by atoms with Gasteiger partial charge in [0.15, 0.2) is 17.3 Å². The predicted molar refractivity (Wildman–Crippen MR) is 435 cm³/mol. The third kappa shape index (κ3) is 33.1. The zero-order valence-corrected chi connectivity index (χ0v) is 69.5. The zero-order chi connectivity index (χ0) is 81.0. The van der Waals surface area contributed by atoms with Crippen molar-refractivity contribution in [1.29, 1.82) is 5.26 Å². The van der Waals surface area contributed by atoms with Crippen molar-refractivity contribution < 1.29 is 103 Å². The molecule has 0 radical (unpaired) electrons. The first-order valence-electron chi connectivity index (χ1n) is 37.3. The van der Waals surface area contributed by atoms with E-state index >= 15 is 0 Å². The van der Waals surface area contributed by atoms with Gasteiger partial charge in [-0.2, -0.15) is 5.26 Å². The Bertz CT molecular complexity index is 4200. The number of fused-ring (bicyclic) bond motifs is 5. The molecule has 21 nitrogen and oxygen atoms in total. The summed E-state index contributed by atoms with van der Waals surface area (Å²) in [4.78, 5) is 105. The molecule has 592 valence electrons. The minimum atomic E-state index is -1.20. The van der Waals surface area contributed by atoms with Crippen LogP contribution in [-0.4, -0.2) is 135 Å². The van der Waals surface area contributed by atoms with Crippen LogP contribution >= 0.6 is 0 Å². The molecule has 6 aromatic rings. The number of unbranched alkanes of at least 4 members (excludes halogenated alkanes) is 4. The van der Waals surface area contributed by atoms with Crippen LogP contribution in [-0.2, 0) is 35.1 Å². The molecule has 6 aromatic carbocycles. The van der Waals surface area contributed by atoms with E-state index in [0.29, 0.717) is 56.0 Å². The van der Waals surface area contributed by atoms with Gasteiger partial charge in [0, 0.05) is 93.4 Å². The Hall–Kier alpha value is -9.65. The monoisotopic (exact) mass is 1530 g/mol. The average Bonchev–Trinajstić information content (AvgIpc) is 0.777. The second-order valence-electron chi connectivity index (χ2n) is 26.2. The Morgan fingerprint density at radius 2 is 1.10 bits per heavy atom. The number of nitrogens with zero attached hydrogens (tertiary/aromatic N) is 2. The molecule has 0 fully saturated rings. The number of nitriles is 1. The number of rotatable bonds is 29. The van der Waals surface area contributed by atoms with E-state index in [1.807, 2.05) is 107 Å².